The number of anilines is 1. The second-order valence-electron chi connectivity index (χ2n) is 9.55. The van der Waals surface area contributed by atoms with E-state index < -0.39 is 47.7 Å². The van der Waals surface area contributed by atoms with E-state index in [4.69, 9.17) is 29.1 Å². The Bertz CT molecular complexity index is 1240. The number of carbonyl (C=O) groups is 2. The van der Waals surface area contributed by atoms with Crippen LogP contribution in [0.5, 0.6) is 11.5 Å². The lowest BCUT2D eigenvalue weighted by molar-refractivity contribution is -0.304. The van der Waals surface area contributed by atoms with Gasteiger partial charge in [0.25, 0.3) is 0 Å². The zero-order valence-corrected chi connectivity index (χ0v) is 20.4. The molecule has 0 spiro atoms. The van der Waals surface area contributed by atoms with Gasteiger partial charge in [0.2, 0.25) is 12.2 Å². The Hall–Kier alpha value is -3.35. The molecule has 1 aliphatic heterocycles. The molecule has 2 heterocycles. The molecule has 2 aliphatic rings. The number of carbonyl (C=O) groups excluding carboxylic acids is 2. The van der Waals surface area contributed by atoms with Gasteiger partial charge in [0.05, 0.1) is 11.0 Å². The first-order chi connectivity index (χ1) is 16.9. The van der Waals surface area contributed by atoms with Gasteiger partial charge in [0.15, 0.2) is 23.6 Å². The van der Waals surface area contributed by atoms with E-state index >= 15 is 0 Å². The summed E-state index contributed by atoms with van der Waals surface area (Å²) in [5.74, 6) is -0.780. The summed E-state index contributed by atoms with van der Waals surface area (Å²) in [5, 5.41) is 24.2. The molecule has 0 bridgehead atoms. The van der Waals surface area contributed by atoms with Gasteiger partial charge in [-0.15, -0.1) is 0 Å². The molecular formula is C24H30N2O10. The molecule has 1 saturated carbocycles. The van der Waals surface area contributed by atoms with Crippen molar-refractivity contribution in [2.24, 2.45) is 11.7 Å². The quantitative estimate of drug-likeness (QED) is 0.423. The first kappa shape index (κ1) is 25.7. The molecule has 1 aliphatic carbocycles. The van der Waals surface area contributed by atoms with Crippen LogP contribution in [0.25, 0.3) is 11.0 Å². The summed E-state index contributed by atoms with van der Waals surface area (Å²) >= 11 is 0. The Kier molecular flexibility index (Phi) is 6.86. The van der Waals surface area contributed by atoms with Crippen LogP contribution in [0.15, 0.2) is 21.3 Å². The van der Waals surface area contributed by atoms with E-state index in [9.17, 15) is 24.6 Å². The summed E-state index contributed by atoms with van der Waals surface area (Å²) in [4.78, 5) is 36.3. The number of aliphatic hydroxyl groups is 1. The van der Waals surface area contributed by atoms with Crippen molar-refractivity contribution < 1.29 is 43.2 Å². The van der Waals surface area contributed by atoms with Crippen LogP contribution in [0.3, 0.4) is 0 Å². The van der Waals surface area contributed by atoms with Crippen molar-refractivity contribution in [3.8, 4) is 11.5 Å². The Morgan fingerprint density at radius 2 is 1.94 bits per heavy atom. The first-order valence-electron chi connectivity index (χ1n) is 11.6. The number of methoxy groups -OCH3 is 1. The number of nitrogens with one attached hydrogen (secondary N) is 1. The third-order valence-corrected chi connectivity index (χ3v) is 6.74. The topological polar surface area (TPSA) is 180 Å². The largest absolute Gasteiger partial charge is 0.505 e. The second kappa shape index (κ2) is 9.60. The molecule has 0 radical (unpaired) electrons. The SMILES string of the molecule is CO[C@@H]1[C@@H](OC(N)=O)[C@@H](O)[C@H](Oc2ccc3c(O)c(NC(=O)C4CCC4)c(=O)oc3c2C)OC1(C)C. The van der Waals surface area contributed by atoms with Crippen LogP contribution in [-0.4, -0.2) is 59.5 Å². The number of primary amides is 1. The van der Waals surface area contributed by atoms with Gasteiger partial charge >= 0.3 is 11.7 Å². The van der Waals surface area contributed by atoms with Gasteiger partial charge in [-0.1, -0.05) is 6.42 Å². The smallest absolute Gasteiger partial charge is 0.404 e. The molecule has 2 fully saturated rings. The van der Waals surface area contributed by atoms with Gasteiger partial charge in [-0.25, -0.2) is 9.59 Å². The number of rotatable bonds is 6. The molecule has 2 aromatic rings. The maximum Gasteiger partial charge on any atom is 0.404 e. The van der Waals surface area contributed by atoms with Crippen molar-refractivity contribution in [2.45, 2.75) is 70.2 Å². The van der Waals surface area contributed by atoms with E-state index in [2.05, 4.69) is 5.32 Å². The fourth-order valence-electron chi connectivity index (χ4n) is 4.57. The van der Waals surface area contributed by atoms with E-state index in [-0.39, 0.29) is 34.2 Å². The summed E-state index contributed by atoms with van der Waals surface area (Å²) in [6, 6.07) is 2.94. The molecule has 4 atom stereocenters. The number of aliphatic hydroxyl groups excluding tert-OH is 1. The van der Waals surface area contributed by atoms with Gasteiger partial charge in [-0.3, -0.25) is 4.79 Å². The molecule has 36 heavy (non-hydrogen) atoms. The standard InChI is InChI=1S/C24H30N2O10/c1-10-13(33-22-16(28)18(35-23(25)31)19(32-4)24(2,3)36-22)9-8-12-15(27)14(21(30)34-17(10)12)26-20(29)11-6-5-7-11/h8-9,11,16,18-19,22,27-28H,5-7H2,1-4H3,(H2,25,31)(H,26,29)/t16-,18+,19-,22-/m1/s1. The Morgan fingerprint density at radius 3 is 2.53 bits per heavy atom. The molecule has 1 aromatic carbocycles. The summed E-state index contributed by atoms with van der Waals surface area (Å²) in [6.45, 7) is 4.93. The molecule has 12 nitrogen and oxygen atoms in total. The number of amides is 2. The van der Waals surface area contributed by atoms with Crippen molar-refractivity contribution in [1.29, 1.82) is 0 Å². The van der Waals surface area contributed by atoms with Gasteiger partial charge in [0, 0.05) is 18.6 Å². The van der Waals surface area contributed by atoms with E-state index in [1.807, 2.05) is 0 Å². The highest BCUT2D eigenvalue weighted by Gasteiger charge is 2.53. The van der Waals surface area contributed by atoms with Gasteiger partial charge < -0.3 is 44.6 Å². The molecule has 1 aromatic heterocycles. The minimum atomic E-state index is -1.48. The molecule has 4 rings (SSSR count). The van der Waals surface area contributed by atoms with E-state index in [0.717, 1.165) is 19.3 Å². The van der Waals surface area contributed by atoms with Crippen molar-refractivity contribution in [1.82, 2.24) is 0 Å². The van der Waals surface area contributed by atoms with Crippen LogP contribution in [0.1, 0.15) is 38.7 Å². The Balaban J connectivity index is 1.64. The third kappa shape index (κ3) is 4.59. The summed E-state index contributed by atoms with van der Waals surface area (Å²) in [6.07, 6.45) is -3.52. The average Bonchev–Trinajstić information content (AvgIpc) is 2.75. The molecule has 0 unspecified atom stereocenters. The normalized spacial score (nSPS) is 25.7. The van der Waals surface area contributed by atoms with Crippen LogP contribution in [0.2, 0.25) is 0 Å². The fourth-order valence-corrected chi connectivity index (χ4v) is 4.57. The summed E-state index contributed by atoms with van der Waals surface area (Å²) < 4.78 is 27.7. The number of aryl methyl sites for hydroxylation is 1. The number of benzene rings is 1. The lowest BCUT2D eigenvalue weighted by Gasteiger charge is -2.47. The van der Waals surface area contributed by atoms with Crippen molar-refractivity contribution in [2.75, 3.05) is 12.4 Å². The Morgan fingerprint density at radius 1 is 1.25 bits per heavy atom. The minimum absolute atomic E-state index is 0.0286. The highest BCUT2D eigenvalue weighted by molar-refractivity contribution is 5.98. The third-order valence-electron chi connectivity index (χ3n) is 6.74. The summed E-state index contributed by atoms with van der Waals surface area (Å²) in [5.41, 5.74) is 3.23. The lowest BCUT2D eigenvalue weighted by Crippen LogP contribution is -2.65. The van der Waals surface area contributed by atoms with E-state index in [0.29, 0.717) is 5.56 Å². The predicted molar refractivity (Wildman–Crippen MR) is 126 cm³/mol. The van der Waals surface area contributed by atoms with Crippen LogP contribution >= 0.6 is 0 Å². The van der Waals surface area contributed by atoms with Crippen molar-refractivity contribution in [3.05, 3.63) is 28.1 Å². The zero-order chi connectivity index (χ0) is 26.4. The molecular weight excluding hydrogens is 476 g/mol. The summed E-state index contributed by atoms with van der Waals surface area (Å²) in [7, 11) is 1.38. The minimum Gasteiger partial charge on any atom is -0.505 e. The molecule has 5 N–H and O–H groups in total. The number of nitrogens with two attached hydrogens (primary N) is 1. The van der Waals surface area contributed by atoms with Crippen molar-refractivity contribution >= 4 is 28.7 Å². The zero-order valence-electron chi connectivity index (χ0n) is 20.4. The highest BCUT2D eigenvalue weighted by atomic mass is 16.7. The molecule has 1 saturated heterocycles. The number of aromatic hydroxyl groups is 1. The monoisotopic (exact) mass is 506 g/mol. The van der Waals surface area contributed by atoms with Crippen LogP contribution in [0, 0.1) is 12.8 Å². The molecule has 196 valence electrons. The van der Waals surface area contributed by atoms with Crippen molar-refractivity contribution in [3.63, 3.8) is 0 Å². The maximum atomic E-state index is 12.6. The lowest BCUT2D eigenvalue weighted by atomic mass is 9.85. The van der Waals surface area contributed by atoms with E-state index in [1.165, 1.54) is 19.2 Å². The van der Waals surface area contributed by atoms with Crippen LogP contribution in [0.4, 0.5) is 10.5 Å². The first-order valence-corrected chi connectivity index (χ1v) is 11.6. The number of ether oxygens (including phenoxy) is 4. The van der Waals surface area contributed by atoms with Crippen LogP contribution < -0.4 is 21.4 Å². The number of hydrogen-bond donors (Lipinski definition) is 4. The van der Waals surface area contributed by atoms with Gasteiger partial charge in [-0.2, -0.15) is 0 Å². The number of hydrogen-bond acceptors (Lipinski definition) is 10. The van der Waals surface area contributed by atoms with Crippen LogP contribution in [-0.2, 0) is 19.0 Å². The van der Waals surface area contributed by atoms with Gasteiger partial charge in [0.1, 0.15) is 17.4 Å². The maximum absolute atomic E-state index is 12.6. The fraction of sp³-hybridized carbons (Fsp3) is 0.542. The molecule has 2 amide bonds. The highest BCUT2D eigenvalue weighted by Crippen LogP contribution is 2.39. The molecule has 12 heteroatoms. The predicted octanol–water partition coefficient (Wildman–Crippen LogP) is 1.90. The number of fused-ring (bicyclic) bond motifs is 1. The van der Waals surface area contributed by atoms with E-state index in [1.54, 1.807) is 20.8 Å². The van der Waals surface area contributed by atoms with Gasteiger partial charge in [-0.05, 0) is 45.7 Å². The average molecular weight is 507 g/mol. The second-order valence-corrected chi connectivity index (χ2v) is 9.55. The Labute approximate surface area is 206 Å².